The lowest BCUT2D eigenvalue weighted by atomic mass is 10.0. The predicted molar refractivity (Wildman–Crippen MR) is 96.8 cm³/mol. The highest BCUT2D eigenvalue weighted by molar-refractivity contribution is 5.82. The van der Waals surface area contributed by atoms with Crippen molar-refractivity contribution in [2.45, 2.75) is 39.4 Å². The summed E-state index contributed by atoms with van der Waals surface area (Å²) in [6, 6.07) is 9.61. The molecule has 25 heavy (non-hydrogen) atoms. The van der Waals surface area contributed by atoms with Gasteiger partial charge < -0.3 is 14.1 Å². The van der Waals surface area contributed by atoms with Crippen LogP contribution in [-0.4, -0.2) is 21.1 Å². The molecular weight excluding hydrogens is 316 g/mol. The van der Waals surface area contributed by atoms with Crippen molar-refractivity contribution >= 4 is 11.0 Å². The van der Waals surface area contributed by atoms with E-state index in [4.69, 9.17) is 4.42 Å². The fraction of sp³-hybridized carbons (Fsp3) is 0.350. The first-order valence-corrected chi connectivity index (χ1v) is 8.74. The van der Waals surface area contributed by atoms with E-state index in [1.807, 2.05) is 13.0 Å². The van der Waals surface area contributed by atoms with E-state index in [9.17, 15) is 9.90 Å². The number of aryl methyl sites for hydroxylation is 1. The fourth-order valence-corrected chi connectivity index (χ4v) is 3.78. The van der Waals surface area contributed by atoms with Crippen LogP contribution in [0.3, 0.4) is 0 Å². The molecule has 0 bridgehead atoms. The van der Waals surface area contributed by atoms with Gasteiger partial charge in [-0.3, -0.25) is 4.90 Å². The summed E-state index contributed by atoms with van der Waals surface area (Å²) >= 11 is 0. The van der Waals surface area contributed by atoms with E-state index in [1.54, 1.807) is 12.1 Å². The third kappa shape index (κ3) is 2.74. The molecule has 0 aliphatic carbocycles. The number of benzene rings is 1. The summed E-state index contributed by atoms with van der Waals surface area (Å²) in [6.45, 7) is 6.77. The predicted octanol–water partition coefficient (Wildman–Crippen LogP) is 3.44. The largest absolute Gasteiger partial charge is 0.508 e. The highest BCUT2D eigenvalue weighted by Gasteiger charge is 2.24. The van der Waals surface area contributed by atoms with E-state index in [1.165, 1.54) is 5.69 Å². The summed E-state index contributed by atoms with van der Waals surface area (Å²) in [4.78, 5) is 14.4. The molecular formula is C20H22N2O3. The molecule has 130 valence electrons. The fourth-order valence-electron chi connectivity index (χ4n) is 3.78. The Bertz CT molecular complexity index is 986. The Hall–Kier alpha value is -2.53. The molecule has 1 N–H and O–H groups in total. The van der Waals surface area contributed by atoms with Crippen LogP contribution in [0.5, 0.6) is 5.75 Å². The van der Waals surface area contributed by atoms with Gasteiger partial charge in [0, 0.05) is 55.1 Å². The van der Waals surface area contributed by atoms with E-state index < -0.39 is 0 Å². The van der Waals surface area contributed by atoms with Gasteiger partial charge in [0.05, 0.1) is 0 Å². The van der Waals surface area contributed by atoms with Crippen LogP contribution >= 0.6 is 0 Å². The van der Waals surface area contributed by atoms with Crippen molar-refractivity contribution in [3.05, 3.63) is 63.8 Å². The molecule has 0 unspecified atom stereocenters. The summed E-state index contributed by atoms with van der Waals surface area (Å²) in [6.07, 6.45) is 2.85. The van der Waals surface area contributed by atoms with Gasteiger partial charge in [-0.2, -0.15) is 0 Å². The normalized spacial score (nSPS) is 17.8. The van der Waals surface area contributed by atoms with E-state index in [0.29, 0.717) is 12.1 Å². The highest BCUT2D eigenvalue weighted by Crippen LogP contribution is 2.31. The second-order valence-corrected chi connectivity index (χ2v) is 6.69. The number of hydrogen-bond acceptors (Lipinski definition) is 4. The quantitative estimate of drug-likeness (QED) is 0.743. The standard InChI is InChI=1S/C20H22N2O3/c1-3-14-9-16-15(10-20(24)25-19(16)11-18(14)23)12-22-8-7-21-6-4-5-17(21)13(22)2/h4-6,9-11,13,23H,3,7-8,12H2,1-2H3/t13-/m0/s1. The lowest BCUT2D eigenvalue weighted by molar-refractivity contribution is 0.161. The number of fused-ring (bicyclic) bond motifs is 2. The summed E-state index contributed by atoms with van der Waals surface area (Å²) in [7, 11) is 0. The first-order valence-electron chi connectivity index (χ1n) is 8.74. The van der Waals surface area contributed by atoms with Gasteiger partial charge in [0.1, 0.15) is 11.3 Å². The van der Waals surface area contributed by atoms with Crippen molar-refractivity contribution in [1.29, 1.82) is 0 Å². The van der Waals surface area contributed by atoms with Crippen LogP contribution in [-0.2, 0) is 19.5 Å². The molecule has 5 nitrogen and oxygen atoms in total. The molecule has 1 atom stereocenters. The Labute approximate surface area is 146 Å². The molecule has 0 amide bonds. The van der Waals surface area contributed by atoms with E-state index in [0.717, 1.165) is 36.0 Å². The van der Waals surface area contributed by atoms with E-state index >= 15 is 0 Å². The number of aromatic hydroxyl groups is 1. The van der Waals surface area contributed by atoms with Gasteiger partial charge in [-0.15, -0.1) is 0 Å². The molecule has 3 aromatic rings. The monoisotopic (exact) mass is 338 g/mol. The maximum atomic E-state index is 12.0. The molecule has 0 spiro atoms. The van der Waals surface area contributed by atoms with Gasteiger partial charge in [0.25, 0.3) is 0 Å². The zero-order valence-corrected chi connectivity index (χ0v) is 14.5. The van der Waals surface area contributed by atoms with E-state index in [-0.39, 0.29) is 17.4 Å². The zero-order valence-electron chi connectivity index (χ0n) is 14.5. The van der Waals surface area contributed by atoms with Gasteiger partial charge in [0.15, 0.2) is 0 Å². The van der Waals surface area contributed by atoms with Gasteiger partial charge in [-0.1, -0.05) is 6.92 Å². The minimum atomic E-state index is -0.376. The Kier molecular flexibility index (Phi) is 3.88. The van der Waals surface area contributed by atoms with Gasteiger partial charge >= 0.3 is 5.63 Å². The SMILES string of the molecule is CCc1cc2c(CN3CCn4cccc4[C@@H]3C)cc(=O)oc2cc1O. The topological polar surface area (TPSA) is 58.6 Å². The molecule has 3 heterocycles. The van der Waals surface area contributed by atoms with Crippen LogP contribution < -0.4 is 5.63 Å². The van der Waals surface area contributed by atoms with Crippen molar-refractivity contribution in [3.8, 4) is 5.75 Å². The number of phenolic OH excluding ortho intramolecular Hbond substituents is 1. The van der Waals surface area contributed by atoms with Crippen molar-refractivity contribution in [3.63, 3.8) is 0 Å². The molecule has 4 rings (SSSR count). The second-order valence-electron chi connectivity index (χ2n) is 6.69. The molecule has 1 aliphatic rings. The third-order valence-electron chi connectivity index (χ3n) is 5.25. The molecule has 0 radical (unpaired) electrons. The summed E-state index contributed by atoms with van der Waals surface area (Å²) in [5.74, 6) is 0.180. The Morgan fingerprint density at radius 2 is 2.08 bits per heavy atom. The summed E-state index contributed by atoms with van der Waals surface area (Å²) < 4.78 is 7.59. The van der Waals surface area contributed by atoms with Crippen molar-refractivity contribution in [2.75, 3.05) is 6.54 Å². The maximum absolute atomic E-state index is 12.0. The summed E-state index contributed by atoms with van der Waals surface area (Å²) in [5, 5.41) is 11.0. The molecule has 2 aromatic heterocycles. The van der Waals surface area contributed by atoms with Gasteiger partial charge in [0.2, 0.25) is 0 Å². The van der Waals surface area contributed by atoms with Crippen LogP contribution in [0.25, 0.3) is 11.0 Å². The highest BCUT2D eigenvalue weighted by atomic mass is 16.4. The Balaban J connectivity index is 1.75. The number of aromatic nitrogens is 1. The molecule has 0 saturated heterocycles. The van der Waals surface area contributed by atoms with Crippen molar-refractivity contribution in [1.82, 2.24) is 9.47 Å². The number of hydrogen-bond donors (Lipinski definition) is 1. The number of rotatable bonds is 3. The van der Waals surface area contributed by atoms with Crippen molar-refractivity contribution in [2.24, 2.45) is 0 Å². The van der Waals surface area contributed by atoms with E-state index in [2.05, 4.69) is 34.7 Å². The van der Waals surface area contributed by atoms with Crippen LogP contribution in [0.2, 0.25) is 0 Å². The van der Waals surface area contributed by atoms with Crippen LogP contribution in [0, 0.1) is 0 Å². The molecule has 0 fully saturated rings. The smallest absolute Gasteiger partial charge is 0.336 e. The van der Waals surface area contributed by atoms with Crippen molar-refractivity contribution < 1.29 is 9.52 Å². The minimum absolute atomic E-state index is 0.180. The lowest BCUT2D eigenvalue weighted by Gasteiger charge is -2.35. The van der Waals surface area contributed by atoms with Crippen LogP contribution in [0.15, 0.2) is 45.7 Å². The van der Waals surface area contributed by atoms with Crippen LogP contribution in [0.4, 0.5) is 0 Å². The molecule has 1 aromatic carbocycles. The van der Waals surface area contributed by atoms with Gasteiger partial charge in [-0.25, -0.2) is 4.79 Å². The first-order chi connectivity index (χ1) is 12.1. The lowest BCUT2D eigenvalue weighted by Crippen LogP contribution is -2.36. The molecule has 1 aliphatic heterocycles. The Morgan fingerprint density at radius 3 is 2.88 bits per heavy atom. The molecule has 0 saturated carbocycles. The average Bonchev–Trinajstić information content (AvgIpc) is 3.06. The maximum Gasteiger partial charge on any atom is 0.336 e. The number of nitrogens with zero attached hydrogens (tertiary/aromatic N) is 2. The minimum Gasteiger partial charge on any atom is -0.508 e. The zero-order chi connectivity index (χ0) is 17.6. The van der Waals surface area contributed by atoms with Crippen LogP contribution in [0.1, 0.15) is 36.7 Å². The Morgan fingerprint density at radius 1 is 1.24 bits per heavy atom. The first kappa shape index (κ1) is 16.0. The third-order valence-corrected chi connectivity index (χ3v) is 5.25. The molecule has 5 heteroatoms. The number of phenols is 1. The second kappa shape index (κ2) is 6.08. The average molecular weight is 338 g/mol. The van der Waals surface area contributed by atoms with Gasteiger partial charge in [-0.05, 0) is 42.7 Å². The summed E-state index contributed by atoms with van der Waals surface area (Å²) in [5.41, 5.74) is 3.19.